The molecule has 2 aromatic rings. The molecule has 3 N–H and O–H groups in total. The van der Waals surface area contributed by atoms with Gasteiger partial charge in [0.2, 0.25) is 17.7 Å². The second-order valence-corrected chi connectivity index (χ2v) is 9.23. The first-order valence-corrected chi connectivity index (χ1v) is 11.3. The minimum Gasteiger partial charge on any atom is -0.396 e. The van der Waals surface area contributed by atoms with Crippen molar-refractivity contribution >= 4 is 28.8 Å². The van der Waals surface area contributed by atoms with Gasteiger partial charge in [0.05, 0.1) is 23.0 Å². The second kappa shape index (κ2) is 7.77. The van der Waals surface area contributed by atoms with Crippen LogP contribution in [-0.2, 0) is 25.8 Å². The fraction of sp³-hybridized carbons (Fsp3) is 0.591. The van der Waals surface area contributed by atoms with Gasteiger partial charge in [-0.3, -0.25) is 14.4 Å². The van der Waals surface area contributed by atoms with Crippen LogP contribution in [0.4, 0.5) is 0 Å². The molecule has 1 aromatic heterocycles. The monoisotopic (exact) mass is 456 g/mol. The third-order valence-electron chi connectivity index (χ3n) is 7.43. The fourth-order valence-corrected chi connectivity index (χ4v) is 6.05. The predicted molar refractivity (Wildman–Crippen MR) is 115 cm³/mol. The summed E-state index contributed by atoms with van der Waals surface area (Å²) in [5.74, 6) is -2.30. The summed E-state index contributed by atoms with van der Waals surface area (Å²) in [6.07, 6.45) is 1.42. The van der Waals surface area contributed by atoms with Crippen LogP contribution < -0.4 is 10.6 Å². The predicted octanol–water partition coefficient (Wildman–Crippen LogP) is -0.602. The molecule has 1 spiro atoms. The van der Waals surface area contributed by atoms with E-state index in [1.165, 1.54) is 4.90 Å². The maximum atomic E-state index is 13.6. The molecule has 3 saturated heterocycles. The molecule has 176 valence electrons. The summed E-state index contributed by atoms with van der Waals surface area (Å²) in [4.78, 5) is 41.4. The number of hydrogen-bond donors (Lipinski definition) is 3. The van der Waals surface area contributed by atoms with Gasteiger partial charge >= 0.3 is 0 Å². The van der Waals surface area contributed by atoms with Gasteiger partial charge in [0.1, 0.15) is 23.8 Å². The highest BCUT2D eigenvalue weighted by Gasteiger charge is 2.77. The molecule has 5 atom stereocenters. The van der Waals surface area contributed by atoms with Gasteiger partial charge in [-0.25, -0.2) is 4.68 Å². The van der Waals surface area contributed by atoms with Crippen molar-refractivity contribution < 1.29 is 24.2 Å². The number of amides is 3. The number of likely N-dealkylation sites (tertiary alicyclic amines) is 1. The van der Waals surface area contributed by atoms with Crippen molar-refractivity contribution in [1.29, 1.82) is 0 Å². The molecule has 11 nitrogen and oxygen atoms in total. The van der Waals surface area contributed by atoms with E-state index >= 15 is 0 Å². The standard InChI is InChI=1S/C22H28N6O5/c1-21-8-9-22(33-21)16(15(21)18(30)23-2)20(32)27(10-5-11-29)17(22)19(31)24-12-28-14-7-4-3-6-13(14)25-26-28/h3-4,6-7,15-17,29H,5,8-12H2,1-2H3,(H,23,30)(H,24,31)/t15-,16-,17?,21+,22?/m0/s1. The number of fused-ring (bicyclic) bond motifs is 2. The molecule has 5 rings (SSSR count). The third-order valence-corrected chi connectivity index (χ3v) is 7.43. The summed E-state index contributed by atoms with van der Waals surface area (Å²) in [6, 6.07) is 6.53. The number of aromatic nitrogens is 3. The Morgan fingerprint density at radius 3 is 2.82 bits per heavy atom. The minimum atomic E-state index is -1.08. The molecular formula is C22H28N6O5. The van der Waals surface area contributed by atoms with Gasteiger partial charge in [-0.2, -0.15) is 0 Å². The topological polar surface area (TPSA) is 139 Å². The van der Waals surface area contributed by atoms with Gasteiger partial charge < -0.3 is 25.4 Å². The average Bonchev–Trinajstić information content (AvgIpc) is 3.51. The number of nitrogens with one attached hydrogen (secondary N) is 2. The molecule has 0 radical (unpaired) electrons. The number of para-hydroxylation sites is 1. The summed E-state index contributed by atoms with van der Waals surface area (Å²) >= 11 is 0. The van der Waals surface area contributed by atoms with Crippen LogP contribution in [0.15, 0.2) is 24.3 Å². The normalized spacial score (nSPS) is 32.4. The van der Waals surface area contributed by atoms with Gasteiger partial charge in [0, 0.05) is 20.2 Å². The molecule has 2 bridgehead atoms. The van der Waals surface area contributed by atoms with E-state index < -0.39 is 29.1 Å². The maximum absolute atomic E-state index is 13.6. The Balaban J connectivity index is 1.46. The number of nitrogens with zero attached hydrogens (tertiary/aromatic N) is 4. The van der Waals surface area contributed by atoms with Crippen LogP contribution in [0.3, 0.4) is 0 Å². The minimum absolute atomic E-state index is 0.0781. The average molecular weight is 457 g/mol. The van der Waals surface area contributed by atoms with Gasteiger partial charge in [0.15, 0.2) is 0 Å². The van der Waals surface area contributed by atoms with Crippen LogP contribution in [0, 0.1) is 11.8 Å². The van der Waals surface area contributed by atoms with Crippen molar-refractivity contribution in [2.75, 3.05) is 20.2 Å². The van der Waals surface area contributed by atoms with Crippen LogP contribution in [0.1, 0.15) is 26.2 Å². The molecule has 2 unspecified atom stereocenters. The molecule has 33 heavy (non-hydrogen) atoms. The molecule has 4 heterocycles. The van der Waals surface area contributed by atoms with E-state index in [1.54, 1.807) is 11.7 Å². The van der Waals surface area contributed by atoms with E-state index in [9.17, 15) is 19.5 Å². The van der Waals surface area contributed by atoms with Crippen molar-refractivity contribution in [3.05, 3.63) is 24.3 Å². The highest BCUT2D eigenvalue weighted by atomic mass is 16.5. The van der Waals surface area contributed by atoms with Crippen molar-refractivity contribution in [2.24, 2.45) is 11.8 Å². The number of hydrogen-bond acceptors (Lipinski definition) is 7. The highest BCUT2D eigenvalue weighted by Crippen LogP contribution is 2.63. The summed E-state index contributed by atoms with van der Waals surface area (Å²) in [6.45, 7) is 2.02. The second-order valence-electron chi connectivity index (χ2n) is 9.23. The van der Waals surface area contributed by atoms with E-state index in [1.807, 2.05) is 31.2 Å². The SMILES string of the molecule is CNC(=O)[C@@H]1[C@H]2C(=O)N(CCCO)C(C(=O)NCn3nnc4ccccc43)C23CC[C@@]1(C)O3. The Morgan fingerprint density at radius 2 is 2.06 bits per heavy atom. The lowest BCUT2D eigenvalue weighted by Crippen LogP contribution is -2.55. The van der Waals surface area contributed by atoms with E-state index in [4.69, 9.17) is 4.74 Å². The Bertz CT molecular complexity index is 1120. The van der Waals surface area contributed by atoms with Crippen LogP contribution in [0.25, 0.3) is 11.0 Å². The van der Waals surface area contributed by atoms with Crippen molar-refractivity contribution in [3.63, 3.8) is 0 Å². The molecule has 3 aliphatic rings. The first kappa shape index (κ1) is 21.8. The van der Waals surface area contributed by atoms with Gasteiger partial charge in [0.25, 0.3) is 0 Å². The van der Waals surface area contributed by atoms with E-state index in [0.29, 0.717) is 24.8 Å². The van der Waals surface area contributed by atoms with E-state index in [2.05, 4.69) is 20.9 Å². The Hall–Kier alpha value is -3.05. The largest absolute Gasteiger partial charge is 0.396 e. The number of carbonyl (C=O) groups excluding carboxylic acids is 3. The molecule has 0 saturated carbocycles. The zero-order valence-electron chi connectivity index (χ0n) is 18.7. The quantitative estimate of drug-likeness (QED) is 0.506. The molecule has 3 fully saturated rings. The Morgan fingerprint density at radius 1 is 1.27 bits per heavy atom. The summed E-state index contributed by atoms with van der Waals surface area (Å²) < 4.78 is 8.03. The Labute approximate surface area is 190 Å². The van der Waals surface area contributed by atoms with E-state index in [0.717, 1.165) is 5.52 Å². The number of aliphatic hydroxyl groups excluding tert-OH is 1. The van der Waals surface area contributed by atoms with Crippen LogP contribution in [0.5, 0.6) is 0 Å². The van der Waals surface area contributed by atoms with Crippen molar-refractivity contribution in [3.8, 4) is 0 Å². The van der Waals surface area contributed by atoms with Crippen LogP contribution >= 0.6 is 0 Å². The zero-order chi connectivity index (χ0) is 23.4. The molecule has 3 amide bonds. The zero-order valence-corrected chi connectivity index (χ0v) is 18.7. The molecular weight excluding hydrogens is 428 g/mol. The number of benzene rings is 1. The first-order chi connectivity index (χ1) is 15.9. The number of ether oxygens (including phenoxy) is 1. The summed E-state index contributed by atoms with van der Waals surface area (Å²) in [5.41, 5.74) is -0.388. The maximum Gasteiger partial charge on any atom is 0.247 e. The lowest BCUT2D eigenvalue weighted by atomic mass is 9.66. The fourth-order valence-electron chi connectivity index (χ4n) is 6.05. The lowest BCUT2D eigenvalue weighted by Gasteiger charge is -2.33. The molecule has 3 aliphatic heterocycles. The van der Waals surface area contributed by atoms with Gasteiger partial charge in [-0.1, -0.05) is 17.3 Å². The number of rotatable bonds is 7. The summed E-state index contributed by atoms with van der Waals surface area (Å²) in [5, 5.41) is 23.1. The number of carbonyl (C=O) groups is 3. The third kappa shape index (κ3) is 3.06. The summed E-state index contributed by atoms with van der Waals surface area (Å²) in [7, 11) is 1.54. The molecule has 1 aromatic carbocycles. The number of aliphatic hydroxyl groups is 1. The van der Waals surface area contributed by atoms with Crippen molar-refractivity contribution in [1.82, 2.24) is 30.5 Å². The van der Waals surface area contributed by atoms with Gasteiger partial charge in [-0.15, -0.1) is 5.10 Å². The van der Waals surface area contributed by atoms with Crippen molar-refractivity contribution in [2.45, 2.75) is 50.1 Å². The van der Waals surface area contributed by atoms with Crippen LogP contribution in [-0.4, -0.2) is 80.2 Å². The molecule has 11 heteroatoms. The van der Waals surface area contributed by atoms with E-state index in [-0.39, 0.29) is 37.5 Å². The van der Waals surface area contributed by atoms with Gasteiger partial charge in [-0.05, 0) is 38.3 Å². The highest BCUT2D eigenvalue weighted by molar-refractivity contribution is 5.99. The molecule has 0 aliphatic carbocycles. The first-order valence-electron chi connectivity index (χ1n) is 11.3. The lowest BCUT2D eigenvalue weighted by molar-refractivity contribution is -0.146. The van der Waals surface area contributed by atoms with Crippen LogP contribution in [0.2, 0.25) is 0 Å². The Kier molecular flexibility index (Phi) is 5.13. The smallest absolute Gasteiger partial charge is 0.247 e.